The van der Waals surface area contributed by atoms with E-state index in [0.717, 1.165) is 19.5 Å². The van der Waals surface area contributed by atoms with Crippen molar-refractivity contribution in [3.05, 3.63) is 0 Å². The van der Waals surface area contributed by atoms with Crippen LogP contribution in [0.15, 0.2) is 0 Å². The van der Waals surface area contributed by atoms with Gasteiger partial charge in [-0.3, -0.25) is 4.79 Å². The molecule has 0 aromatic carbocycles. The van der Waals surface area contributed by atoms with Crippen LogP contribution in [0.4, 0.5) is 4.79 Å². The van der Waals surface area contributed by atoms with Gasteiger partial charge < -0.3 is 14.5 Å². The zero-order valence-corrected chi connectivity index (χ0v) is 11.6. The molecule has 1 unspecified atom stereocenters. The number of esters is 1. The van der Waals surface area contributed by atoms with Crippen LogP contribution in [0.5, 0.6) is 0 Å². The predicted molar refractivity (Wildman–Crippen MR) is 69.2 cm³/mol. The van der Waals surface area contributed by atoms with E-state index in [0.29, 0.717) is 19.1 Å². The first-order chi connectivity index (χ1) is 8.58. The lowest BCUT2D eigenvalue weighted by atomic mass is 10.0. The lowest BCUT2D eigenvalue weighted by molar-refractivity contribution is -0.143. The molecule has 2 amide bonds. The van der Waals surface area contributed by atoms with Crippen molar-refractivity contribution in [2.45, 2.75) is 33.6 Å². The number of urea groups is 1. The van der Waals surface area contributed by atoms with Crippen molar-refractivity contribution < 1.29 is 14.3 Å². The molecule has 5 heteroatoms. The molecule has 0 aliphatic carbocycles. The highest BCUT2D eigenvalue weighted by Crippen LogP contribution is 2.16. The number of carbonyl (C=O) groups is 2. The largest absolute Gasteiger partial charge is 0.465 e. The van der Waals surface area contributed by atoms with Crippen molar-refractivity contribution in [2.24, 2.45) is 5.92 Å². The standard InChI is InChI=1S/C13H24N2O3/c1-4-14(10-12(16)18-5-2)13(17)15-8-6-7-11(3)9-15/h11H,4-10H2,1-3H3. The number of piperidine rings is 1. The average Bonchev–Trinajstić information content (AvgIpc) is 2.35. The maximum absolute atomic E-state index is 12.3. The second kappa shape index (κ2) is 7.24. The fourth-order valence-electron chi connectivity index (χ4n) is 2.24. The molecular weight excluding hydrogens is 232 g/mol. The number of likely N-dealkylation sites (tertiary alicyclic amines) is 1. The van der Waals surface area contributed by atoms with Crippen molar-refractivity contribution in [3.8, 4) is 0 Å². The number of hydrogen-bond donors (Lipinski definition) is 0. The van der Waals surface area contributed by atoms with E-state index in [1.807, 2.05) is 11.8 Å². The van der Waals surface area contributed by atoms with Gasteiger partial charge in [-0.15, -0.1) is 0 Å². The summed E-state index contributed by atoms with van der Waals surface area (Å²) in [6.07, 6.45) is 2.22. The van der Waals surface area contributed by atoms with Crippen LogP contribution in [0.3, 0.4) is 0 Å². The molecule has 0 radical (unpaired) electrons. The maximum Gasteiger partial charge on any atom is 0.325 e. The van der Waals surface area contributed by atoms with Crippen LogP contribution in [0.25, 0.3) is 0 Å². The Morgan fingerprint density at radius 3 is 2.67 bits per heavy atom. The van der Waals surface area contributed by atoms with Gasteiger partial charge in [-0.25, -0.2) is 4.79 Å². The van der Waals surface area contributed by atoms with Crippen LogP contribution in [0.2, 0.25) is 0 Å². The third-order valence-corrected chi connectivity index (χ3v) is 3.21. The number of hydrogen-bond acceptors (Lipinski definition) is 3. The highest BCUT2D eigenvalue weighted by molar-refractivity contribution is 5.81. The number of amides is 2. The Morgan fingerprint density at radius 2 is 2.11 bits per heavy atom. The fourth-order valence-corrected chi connectivity index (χ4v) is 2.24. The zero-order valence-electron chi connectivity index (χ0n) is 11.6. The minimum atomic E-state index is -0.335. The first kappa shape index (κ1) is 14.8. The first-order valence-electron chi connectivity index (χ1n) is 6.77. The molecule has 0 spiro atoms. The normalized spacial score (nSPS) is 19.5. The highest BCUT2D eigenvalue weighted by atomic mass is 16.5. The van der Waals surface area contributed by atoms with E-state index in [1.165, 1.54) is 6.42 Å². The summed E-state index contributed by atoms with van der Waals surface area (Å²) in [6.45, 7) is 8.32. The molecule has 0 aromatic rings. The van der Waals surface area contributed by atoms with Crippen LogP contribution >= 0.6 is 0 Å². The minimum absolute atomic E-state index is 0.0443. The number of likely N-dealkylation sites (N-methyl/N-ethyl adjacent to an activating group) is 1. The number of nitrogens with zero attached hydrogens (tertiary/aromatic N) is 2. The second-order valence-corrected chi connectivity index (χ2v) is 4.80. The Labute approximate surface area is 109 Å². The summed E-state index contributed by atoms with van der Waals surface area (Å²) in [6, 6.07) is -0.0443. The van der Waals surface area contributed by atoms with Crippen molar-refractivity contribution in [2.75, 3.05) is 32.8 Å². The topological polar surface area (TPSA) is 49.9 Å². The lowest BCUT2D eigenvalue weighted by Gasteiger charge is -2.34. The van der Waals surface area contributed by atoms with Gasteiger partial charge in [-0.05, 0) is 32.6 Å². The Morgan fingerprint density at radius 1 is 1.39 bits per heavy atom. The van der Waals surface area contributed by atoms with Gasteiger partial charge in [-0.2, -0.15) is 0 Å². The van der Waals surface area contributed by atoms with E-state index >= 15 is 0 Å². The molecule has 5 nitrogen and oxygen atoms in total. The molecule has 1 aliphatic heterocycles. The van der Waals surface area contributed by atoms with Gasteiger partial charge in [0.15, 0.2) is 0 Å². The zero-order chi connectivity index (χ0) is 13.5. The van der Waals surface area contributed by atoms with Crippen LogP contribution in [0.1, 0.15) is 33.6 Å². The van der Waals surface area contributed by atoms with E-state index in [1.54, 1.807) is 11.8 Å². The second-order valence-electron chi connectivity index (χ2n) is 4.80. The van der Waals surface area contributed by atoms with Gasteiger partial charge in [0, 0.05) is 19.6 Å². The predicted octanol–water partition coefficient (Wildman–Crippen LogP) is 1.72. The van der Waals surface area contributed by atoms with Crippen LogP contribution in [0, 0.1) is 5.92 Å². The van der Waals surface area contributed by atoms with E-state index < -0.39 is 0 Å². The Balaban J connectivity index is 2.52. The molecule has 0 bridgehead atoms. The summed E-state index contributed by atoms with van der Waals surface area (Å²) in [7, 11) is 0. The molecule has 1 rings (SSSR count). The summed E-state index contributed by atoms with van der Waals surface area (Å²) in [5.74, 6) is 0.210. The molecule has 18 heavy (non-hydrogen) atoms. The monoisotopic (exact) mass is 256 g/mol. The van der Waals surface area contributed by atoms with Crippen LogP contribution < -0.4 is 0 Å². The maximum atomic E-state index is 12.3. The van der Waals surface area contributed by atoms with Gasteiger partial charge in [-0.1, -0.05) is 6.92 Å². The number of ether oxygens (including phenoxy) is 1. The lowest BCUT2D eigenvalue weighted by Crippen LogP contribution is -2.48. The molecule has 1 aliphatic rings. The number of carbonyl (C=O) groups excluding carboxylic acids is 2. The van der Waals surface area contributed by atoms with Crippen molar-refractivity contribution >= 4 is 12.0 Å². The average molecular weight is 256 g/mol. The van der Waals surface area contributed by atoms with E-state index in [4.69, 9.17) is 4.74 Å². The fraction of sp³-hybridized carbons (Fsp3) is 0.846. The van der Waals surface area contributed by atoms with E-state index in [-0.39, 0.29) is 18.5 Å². The minimum Gasteiger partial charge on any atom is -0.465 e. The molecular formula is C13H24N2O3. The molecule has 104 valence electrons. The summed E-state index contributed by atoms with van der Waals surface area (Å²) >= 11 is 0. The number of rotatable bonds is 4. The molecule has 0 aromatic heterocycles. The van der Waals surface area contributed by atoms with Crippen LogP contribution in [-0.4, -0.2) is 54.6 Å². The SMILES string of the molecule is CCOC(=O)CN(CC)C(=O)N1CCCC(C)C1. The van der Waals surface area contributed by atoms with Crippen LogP contribution in [-0.2, 0) is 9.53 Å². The molecule has 0 N–H and O–H groups in total. The molecule has 1 atom stereocenters. The summed E-state index contributed by atoms with van der Waals surface area (Å²) < 4.78 is 4.88. The Hall–Kier alpha value is -1.26. The third-order valence-electron chi connectivity index (χ3n) is 3.21. The van der Waals surface area contributed by atoms with Gasteiger partial charge in [0.05, 0.1) is 6.61 Å². The summed E-state index contributed by atoms with van der Waals surface area (Å²) in [4.78, 5) is 27.1. The quantitative estimate of drug-likeness (QED) is 0.720. The Bertz CT molecular complexity index is 294. The summed E-state index contributed by atoms with van der Waals surface area (Å²) in [5, 5.41) is 0. The van der Waals surface area contributed by atoms with Gasteiger partial charge in [0.1, 0.15) is 6.54 Å². The van der Waals surface area contributed by atoms with Gasteiger partial charge in [0.2, 0.25) is 0 Å². The first-order valence-corrected chi connectivity index (χ1v) is 6.77. The van der Waals surface area contributed by atoms with E-state index in [2.05, 4.69) is 6.92 Å². The molecule has 1 saturated heterocycles. The summed E-state index contributed by atoms with van der Waals surface area (Å²) in [5.41, 5.74) is 0. The van der Waals surface area contributed by atoms with E-state index in [9.17, 15) is 9.59 Å². The molecule has 1 fully saturated rings. The molecule has 0 saturated carbocycles. The third kappa shape index (κ3) is 4.20. The highest BCUT2D eigenvalue weighted by Gasteiger charge is 2.25. The molecule has 1 heterocycles. The Kier molecular flexibility index (Phi) is 5.95. The van der Waals surface area contributed by atoms with Gasteiger partial charge in [0.25, 0.3) is 0 Å². The van der Waals surface area contributed by atoms with Crippen molar-refractivity contribution in [3.63, 3.8) is 0 Å². The van der Waals surface area contributed by atoms with Crippen molar-refractivity contribution in [1.29, 1.82) is 0 Å². The smallest absolute Gasteiger partial charge is 0.325 e. The van der Waals surface area contributed by atoms with Gasteiger partial charge >= 0.3 is 12.0 Å². The van der Waals surface area contributed by atoms with Crippen molar-refractivity contribution in [1.82, 2.24) is 9.80 Å².